The molecule has 1 amide bonds. The second-order valence-electron chi connectivity index (χ2n) is 6.52. The third-order valence-corrected chi connectivity index (χ3v) is 4.55. The van der Waals surface area contributed by atoms with E-state index in [9.17, 15) is 4.79 Å². The lowest BCUT2D eigenvalue weighted by atomic mass is 10.1. The maximum Gasteiger partial charge on any atom is 0.237 e. The highest BCUT2D eigenvalue weighted by Crippen LogP contribution is 2.10. The summed E-state index contributed by atoms with van der Waals surface area (Å²) >= 11 is 5.56. The van der Waals surface area contributed by atoms with Crippen LogP contribution < -0.4 is 5.32 Å². The highest BCUT2D eigenvalue weighted by molar-refractivity contribution is 6.27. The van der Waals surface area contributed by atoms with Gasteiger partial charge in [0, 0.05) is 13.1 Å². The Morgan fingerprint density at radius 3 is 1.96 bits per heavy atom. The van der Waals surface area contributed by atoms with Gasteiger partial charge < -0.3 is 15.3 Å². The standard InChI is InChI=1S/C19H39ClN2O2/c1-2-3-4-5-6-7-8-9-10-11-13-21-14-12-15-22(16-17-23)19(24)18-20/h21,23H,2-18H2,1H3. The Kier molecular flexibility index (Phi) is 18.8. The Morgan fingerprint density at radius 1 is 0.875 bits per heavy atom. The number of alkyl halides is 1. The van der Waals surface area contributed by atoms with E-state index in [1.165, 1.54) is 64.2 Å². The van der Waals surface area contributed by atoms with Crippen LogP contribution >= 0.6 is 11.6 Å². The van der Waals surface area contributed by atoms with Crippen LogP contribution in [-0.4, -0.2) is 54.6 Å². The van der Waals surface area contributed by atoms with Gasteiger partial charge in [-0.15, -0.1) is 11.6 Å². The van der Waals surface area contributed by atoms with Gasteiger partial charge in [0.15, 0.2) is 0 Å². The molecule has 0 aromatic carbocycles. The van der Waals surface area contributed by atoms with Gasteiger partial charge in [0.2, 0.25) is 5.91 Å². The first-order valence-electron chi connectivity index (χ1n) is 9.91. The summed E-state index contributed by atoms with van der Waals surface area (Å²) in [4.78, 5) is 13.2. The highest BCUT2D eigenvalue weighted by Gasteiger charge is 2.10. The lowest BCUT2D eigenvalue weighted by Gasteiger charge is -2.20. The first-order valence-corrected chi connectivity index (χ1v) is 10.4. The van der Waals surface area contributed by atoms with Crippen molar-refractivity contribution in [2.45, 2.75) is 77.6 Å². The van der Waals surface area contributed by atoms with Crippen molar-refractivity contribution in [3.05, 3.63) is 0 Å². The predicted octanol–water partition coefficient (Wildman–Crippen LogP) is 3.95. The van der Waals surface area contributed by atoms with Crippen LogP contribution in [0.3, 0.4) is 0 Å². The van der Waals surface area contributed by atoms with Crippen molar-refractivity contribution in [1.29, 1.82) is 0 Å². The molecular weight excluding hydrogens is 324 g/mol. The van der Waals surface area contributed by atoms with Crippen molar-refractivity contribution < 1.29 is 9.90 Å². The maximum atomic E-state index is 11.5. The molecule has 0 aliphatic heterocycles. The summed E-state index contributed by atoms with van der Waals surface area (Å²) in [6.45, 7) is 5.27. The normalized spacial score (nSPS) is 11.0. The number of hydrogen-bond donors (Lipinski definition) is 2. The summed E-state index contributed by atoms with van der Waals surface area (Å²) in [5, 5.41) is 12.4. The van der Waals surface area contributed by atoms with Gasteiger partial charge in [-0.2, -0.15) is 0 Å². The van der Waals surface area contributed by atoms with Gasteiger partial charge >= 0.3 is 0 Å². The Labute approximate surface area is 154 Å². The minimum Gasteiger partial charge on any atom is -0.395 e. The van der Waals surface area contributed by atoms with E-state index in [2.05, 4.69) is 12.2 Å². The van der Waals surface area contributed by atoms with Crippen LogP contribution in [0, 0.1) is 0 Å². The van der Waals surface area contributed by atoms with Crippen molar-refractivity contribution >= 4 is 17.5 Å². The van der Waals surface area contributed by atoms with E-state index in [4.69, 9.17) is 16.7 Å². The number of nitrogens with one attached hydrogen (secondary N) is 1. The molecule has 4 nitrogen and oxygen atoms in total. The number of carbonyl (C=O) groups is 1. The zero-order chi connectivity index (χ0) is 17.9. The Balaban J connectivity index is 3.28. The Morgan fingerprint density at radius 2 is 1.42 bits per heavy atom. The van der Waals surface area contributed by atoms with E-state index in [1.807, 2.05) is 0 Å². The van der Waals surface area contributed by atoms with Crippen molar-refractivity contribution in [3.63, 3.8) is 0 Å². The fourth-order valence-electron chi connectivity index (χ4n) is 2.82. The van der Waals surface area contributed by atoms with Gasteiger partial charge in [-0.1, -0.05) is 64.7 Å². The fourth-order valence-corrected chi connectivity index (χ4v) is 2.99. The minimum atomic E-state index is -0.0968. The summed E-state index contributed by atoms with van der Waals surface area (Å²) in [7, 11) is 0. The van der Waals surface area contributed by atoms with Crippen LogP contribution in [0.4, 0.5) is 0 Å². The summed E-state index contributed by atoms with van der Waals surface area (Å²) in [5.74, 6) is -0.105. The molecule has 0 fully saturated rings. The average molecular weight is 363 g/mol. The lowest BCUT2D eigenvalue weighted by Crippen LogP contribution is -2.36. The molecule has 0 bridgehead atoms. The van der Waals surface area contributed by atoms with Crippen molar-refractivity contribution in [2.24, 2.45) is 0 Å². The van der Waals surface area contributed by atoms with E-state index in [0.717, 1.165) is 19.5 Å². The number of hydrogen-bond acceptors (Lipinski definition) is 3. The molecule has 0 spiro atoms. The van der Waals surface area contributed by atoms with E-state index in [1.54, 1.807) is 4.90 Å². The van der Waals surface area contributed by atoms with Gasteiger partial charge in [0.05, 0.1) is 6.61 Å². The van der Waals surface area contributed by atoms with Crippen LogP contribution in [0.15, 0.2) is 0 Å². The predicted molar refractivity (Wildman–Crippen MR) is 104 cm³/mol. The second kappa shape index (κ2) is 19.0. The van der Waals surface area contributed by atoms with Gasteiger partial charge in [-0.25, -0.2) is 0 Å². The first kappa shape index (κ1) is 23.7. The monoisotopic (exact) mass is 362 g/mol. The van der Waals surface area contributed by atoms with E-state index >= 15 is 0 Å². The molecule has 0 aromatic heterocycles. The Hall–Kier alpha value is -0.320. The van der Waals surface area contributed by atoms with Crippen LogP contribution in [0.25, 0.3) is 0 Å². The molecule has 24 heavy (non-hydrogen) atoms. The molecule has 144 valence electrons. The number of rotatable bonds is 18. The molecule has 2 N–H and O–H groups in total. The van der Waals surface area contributed by atoms with Gasteiger partial charge in [-0.3, -0.25) is 4.79 Å². The number of halogens is 1. The largest absolute Gasteiger partial charge is 0.395 e. The highest BCUT2D eigenvalue weighted by atomic mass is 35.5. The molecule has 0 saturated carbocycles. The van der Waals surface area contributed by atoms with Crippen LogP contribution in [0.1, 0.15) is 77.6 Å². The van der Waals surface area contributed by atoms with Gasteiger partial charge in [0.25, 0.3) is 0 Å². The molecule has 5 heteroatoms. The first-order chi connectivity index (χ1) is 11.8. The molecule has 0 saturated heterocycles. The Bertz CT molecular complexity index is 278. The van der Waals surface area contributed by atoms with Crippen LogP contribution in [0.2, 0.25) is 0 Å². The van der Waals surface area contributed by atoms with Crippen molar-refractivity contribution in [1.82, 2.24) is 10.2 Å². The topological polar surface area (TPSA) is 52.6 Å². The number of aliphatic hydroxyl groups is 1. The molecule has 0 radical (unpaired) electrons. The van der Waals surface area contributed by atoms with Crippen LogP contribution in [-0.2, 0) is 4.79 Å². The quantitative estimate of drug-likeness (QED) is 0.287. The summed E-state index contributed by atoms with van der Waals surface area (Å²) in [5.41, 5.74) is 0. The van der Waals surface area contributed by atoms with Crippen molar-refractivity contribution in [3.8, 4) is 0 Å². The number of nitrogens with zero attached hydrogens (tertiary/aromatic N) is 1. The van der Waals surface area contributed by atoms with Crippen LogP contribution in [0.5, 0.6) is 0 Å². The lowest BCUT2D eigenvalue weighted by molar-refractivity contribution is -0.129. The summed E-state index contributed by atoms with van der Waals surface area (Å²) < 4.78 is 0. The average Bonchev–Trinajstić information content (AvgIpc) is 2.60. The van der Waals surface area contributed by atoms with Gasteiger partial charge in [0.1, 0.15) is 5.88 Å². The fraction of sp³-hybridized carbons (Fsp3) is 0.947. The molecule has 0 atom stereocenters. The molecule has 0 aromatic rings. The van der Waals surface area contributed by atoms with E-state index < -0.39 is 0 Å². The second-order valence-corrected chi connectivity index (χ2v) is 6.79. The zero-order valence-electron chi connectivity index (χ0n) is 15.7. The molecule has 0 aliphatic carbocycles. The number of aliphatic hydroxyl groups excluding tert-OH is 1. The number of unbranched alkanes of at least 4 members (excludes halogenated alkanes) is 9. The zero-order valence-corrected chi connectivity index (χ0v) is 16.5. The number of amides is 1. The van der Waals surface area contributed by atoms with Gasteiger partial charge in [-0.05, 0) is 25.9 Å². The molecular formula is C19H39ClN2O2. The molecule has 0 rings (SSSR count). The SMILES string of the molecule is CCCCCCCCCCCCNCCCN(CCO)C(=O)CCl. The third-order valence-electron chi connectivity index (χ3n) is 4.33. The molecule has 0 heterocycles. The number of carbonyl (C=O) groups excluding carboxylic acids is 1. The third kappa shape index (κ3) is 15.2. The molecule has 0 unspecified atom stereocenters. The van der Waals surface area contributed by atoms with Crippen molar-refractivity contribution in [2.75, 3.05) is 38.7 Å². The smallest absolute Gasteiger partial charge is 0.237 e. The molecule has 0 aliphatic rings. The minimum absolute atomic E-state index is 0.00530. The maximum absolute atomic E-state index is 11.5. The van der Waals surface area contributed by atoms with E-state index in [-0.39, 0.29) is 18.4 Å². The van der Waals surface area contributed by atoms with E-state index in [0.29, 0.717) is 13.1 Å². The summed E-state index contributed by atoms with van der Waals surface area (Å²) in [6, 6.07) is 0. The summed E-state index contributed by atoms with van der Waals surface area (Å²) in [6.07, 6.45) is 14.5.